The Balaban J connectivity index is 1.63. The van der Waals surface area contributed by atoms with E-state index in [0.717, 1.165) is 23.5 Å². The first-order valence-corrected chi connectivity index (χ1v) is 9.08. The van der Waals surface area contributed by atoms with Crippen LogP contribution in [0.15, 0.2) is 35.1 Å². The van der Waals surface area contributed by atoms with Gasteiger partial charge in [0.2, 0.25) is 4.96 Å². The summed E-state index contributed by atoms with van der Waals surface area (Å²) in [5.41, 5.74) is 3.57. The number of benzene rings is 1. The van der Waals surface area contributed by atoms with Gasteiger partial charge in [-0.25, -0.2) is 4.98 Å². The van der Waals surface area contributed by atoms with Crippen molar-refractivity contribution in [1.82, 2.24) is 19.5 Å². The minimum absolute atomic E-state index is 0.100. The Morgan fingerprint density at radius 1 is 1.38 bits per heavy atom. The number of hydrogen-bond acceptors (Lipinski definition) is 5. The van der Waals surface area contributed by atoms with E-state index in [1.54, 1.807) is 6.07 Å². The Hall–Kier alpha value is -2.05. The van der Waals surface area contributed by atoms with Gasteiger partial charge in [0.25, 0.3) is 5.56 Å². The van der Waals surface area contributed by atoms with Crippen molar-refractivity contribution in [2.45, 2.75) is 38.8 Å². The molecule has 1 atom stereocenters. The molecule has 3 aromatic rings. The number of rotatable bonds is 3. The Kier molecular flexibility index (Phi) is 3.94. The molecule has 0 radical (unpaired) electrons. The Bertz CT molecular complexity index is 946. The molecule has 4 rings (SSSR count). The van der Waals surface area contributed by atoms with Gasteiger partial charge in [-0.05, 0) is 44.4 Å². The first-order chi connectivity index (χ1) is 11.6. The Morgan fingerprint density at radius 3 is 3.08 bits per heavy atom. The van der Waals surface area contributed by atoms with Crippen LogP contribution in [0.3, 0.4) is 0 Å². The lowest BCUT2D eigenvalue weighted by Gasteiger charge is -2.33. The predicted octanol–water partition coefficient (Wildman–Crippen LogP) is 2.97. The van der Waals surface area contributed by atoms with E-state index in [2.05, 4.69) is 46.3 Å². The monoisotopic (exact) mass is 340 g/mol. The SMILES string of the molecule is Cc1nn2c(=O)cc(CN(C)[C@H]3CCCc4ccccc43)nc2s1. The molecule has 6 heteroatoms. The summed E-state index contributed by atoms with van der Waals surface area (Å²) in [4.78, 5) is 19.8. The molecule has 124 valence electrons. The molecular weight excluding hydrogens is 320 g/mol. The molecule has 0 spiro atoms. The van der Waals surface area contributed by atoms with Gasteiger partial charge in [-0.1, -0.05) is 35.6 Å². The average molecular weight is 340 g/mol. The third kappa shape index (κ3) is 2.76. The summed E-state index contributed by atoms with van der Waals surface area (Å²) in [6.07, 6.45) is 3.51. The topological polar surface area (TPSA) is 50.5 Å². The molecule has 0 fully saturated rings. The Morgan fingerprint density at radius 2 is 2.21 bits per heavy atom. The van der Waals surface area contributed by atoms with Crippen LogP contribution in [-0.2, 0) is 13.0 Å². The van der Waals surface area contributed by atoms with Gasteiger partial charge in [0.1, 0.15) is 5.01 Å². The maximum atomic E-state index is 12.2. The maximum Gasteiger partial charge on any atom is 0.275 e. The quantitative estimate of drug-likeness (QED) is 0.735. The molecule has 2 heterocycles. The van der Waals surface area contributed by atoms with Crippen LogP contribution in [0.2, 0.25) is 0 Å². The second-order valence-corrected chi connectivity index (χ2v) is 7.58. The first kappa shape index (κ1) is 15.5. The van der Waals surface area contributed by atoms with Crippen LogP contribution in [0.1, 0.15) is 40.7 Å². The highest BCUT2D eigenvalue weighted by Gasteiger charge is 2.24. The third-order valence-electron chi connectivity index (χ3n) is 4.68. The standard InChI is InChI=1S/C18H20N4OS/c1-12-20-22-17(23)10-14(19-18(22)24-12)11-21(2)16-9-5-7-13-6-3-4-8-15(13)16/h3-4,6,8,10,16H,5,7,9,11H2,1-2H3/t16-/m0/s1. The van der Waals surface area contributed by atoms with Crippen molar-refractivity contribution in [3.63, 3.8) is 0 Å². The van der Waals surface area contributed by atoms with Crippen molar-refractivity contribution in [3.8, 4) is 0 Å². The number of hydrogen-bond donors (Lipinski definition) is 0. The summed E-state index contributed by atoms with van der Waals surface area (Å²) < 4.78 is 1.39. The second-order valence-electron chi connectivity index (χ2n) is 6.42. The fraction of sp³-hybridized carbons (Fsp3) is 0.389. The molecular formula is C18H20N4OS. The van der Waals surface area contributed by atoms with Gasteiger partial charge in [0.05, 0.1) is 5.69 Å². The van der Waals surface area contributed by atoms with Crippen molar-refractivity contribution in [3.05, 3.63) is 62.5 Å². The zero-order chi connectivity index (χ0) is 16.7. The summed E-state index contributed by atoms with van der Waals surface area (Å²) in [7, 11) is 2.12. The smallest absolute Gasteiger partial charge is 0.275 e. The summed E-state index contributed by atoms with van der Waals surface area (Å²) in [5, 5.41) is 5.05. The van der Waals surface area contributed by atoms with Gasteiger partial charge in [0, 0.05) is 18.7 Å². The van der Waals surface area contributed by atoms with Gasteiger partial charge < -0.3 is 0 Å². The molecule has 24 heavy (non-hydrogen) atoms. The highest BCUT2D eigenvalue weighted by atomic mass is 32.1. The van der Waals surface area contributed by atoms with Gasteiger partial charge in [0.15, 0.2) is 0 Å². The zero-order valence-corrected chi connectivity index (χ0v) is 14.7. The number of aryl methyl sites for hydroxylation is 2. The van der Waals surface area contributed by atoms with Crippen molar-refractivity contribution in [2.75, 3.05) is 7.05 Å². The van der Waals surface area contributed by atoms with E-state index < -0.39 is 0 Å². The summed E-state index contributed by atoms with van der Waals surface area (Å²) in [6, 6.07) is 10.7. The van der Waals surface area contributed by atoms with Gasteiger partial charge in [-0.15, -0.1) is 0 Å². The largest absolute Gasteiger partial charge is 0.294 e. The second kappa shape index (κ2) is 6.11. The zero-order valence-electron chi connectivity index (χ0n) is 13.9. The van der Waals surface area contributed by atoms with Gasteiger partial charge in [-0.3, -0.25) is 9.69 Å². The van der Waals surface area contributed by atoms with E-state index in [0.29, 0.717) is 17.5 Å². The lowest BCUT2D eigenvalue weighted by molar-refractivity contribution is 0.211. The van der Waals surface area contributed by atoms with Crippen molar-refractivity contribution < 1.29 is 0 Å². The fourth-order valence-electron chi connectivity index (χ4n) is 3.58. The molecule has 0 saturated heterocycles. The lowest BCUT2D eigenvalue weighted by Crippen LogP contribution is -2.28. The molecule has 5 nitrogen and oxygen atoms in total. The van der Waals surface area contributed by atoms with Crippen LogP contribution in [0.5, 0.6) is 0 Å². The van der Waals surface area contributed by atoms with Crippen molar-refractivity contribution in [1.29, 1.82) is 0 Å². The van der Waals surface area contributed by atoms with E-state index in [1.165, 1.54) is 33.4 Å². The van der Waals surface area contributed by atoms with Gasteiger partial charge in [-0.2, -0.15) is 9.61 Å². The maximum absolute atomic E-state index is 12.2. The lowest BCUT2D eigenvalue weighted by atomic mass is 9.87. The third-order valence-corrected chi connectivity index (χ3v) is 5.50. The van der Waals surface area contributed by atoms with Crippen LogP contribution in [0, 0.1) is 6.92 Å². The van der Waals surface area contributed by atoms with Crippen LogP contribution >= 0.6 is 11.3 Å². The summed E-state index contributed by atoms with van der Waals surface area (Å²) in [5.74, 6) is 0. The Labute approximate surface area is 144 Å². The summed E-state index contributed by atoms with van der Waals surface area (Å²) >= 11 is 1.45. The van der Waals surface area contributed by atoms with E-state index in [-0.39, 0.29) is 5.56 Å². The molecule has 1 aliphatic rings. The van der Waals surface area contributed by atoms with Crippen molar-refractivity contribution >= 4 is 16.3 Å². The molecule has 1 aliphatic carbocycles. The van der Waals surface area contributed by atoms with E-state index >= 15 is 0 Å². The molecule has 0 amide bonds. The molecule has 0 unspecified atom stereocenters. The van der Waals surface area contributed by atoms with E-state index in [1.807, 2.05) is 6.92 Å². The molecule has 0 bridgehead atoms. The minimum atomic E-state index is -0.100. The number of aromatic nitrogens is 3. The number of fused-ring (bicyclic) bond motifs is 2. The van der Waals surface area contributed by atoms with Crippen LogP contribution in [0.25, 0.3) is 4.96 Å². The fourth-order valence-corrected chi connectivity index (χ4v) is 4.35. The van der Waals surface area contributed by atoms with Crippen LogP contribution in [0.4, 0.5) is 0 Å². The predicted molar refractivity (Wildman–Crippen MR) is 95.5 cm³/mol. The van der Waals surface area contributed by atoms with E-state index in [9.17, 15) is 4.79 Å². The van der Waals surface area contributed by atoms with Gasteiger partial charge >= 0.3 is 0 Å². The number of nitrogens with zero attached hydrogens (tertiary/aromatic N) is 4. The highest BCUT2D eigenvalue weighted by molar-refractivity contribution is 7.16. The molecule has 0 N–H and O–H groups in total. The average Bonchev–Trinajstić information content (AvgIpc) is 2.95. The summed E-state index contributed by atoms with van der Waals surface area (Å²) in [6.45, 7) is 2.56. The molecule has 0 aliphatic heterocycles. The van der Waals surface area contributed by atoms with Crippen LogP contribution < -0.4 is 5.56 Å². The molecule has 0 saturated carbocycles. The first-order valence-electron chi connectivity index (χ1n) is 8.26. The minimum Gasteiger partial charge on any atom is -0.294 e. The normalized spacial score (nSPS) is 17.4. The van der Waals surface area contributed by atoms with Crippen molar-refractivity contribution in [2.24, 2.45) is 0 Å². The molecule has 1 aromatic carbocycles. The molecule has 2 aromatic heterocycles. The highest BCUT2D eigenvalue weighted by Crippen LogP contribution is 2.33. The van der Waals surface area contributed by atoms with E-state index in [4.69, 9.17) is 0 Å². The van der Waals surface area contributed by atoms with Crippen LogP contribution in [-0.4, -0.2) is 26.5 Å².